The van der Waals surface area contributed by atoms with Crippen LogP contribution < -0.4 is 4.74 Å². The molecule has 2 heterocycles. The van der Waals surface area contributed by atoms with Crippen molar-refractivity contribution in [3.05, 3.63) is 29.3 Å². The molecule has 0 aliphatic carbocycles. The van der Waals surface area contributed by atoms with Gasteiger partial charge in [0.15, 0.2) is 0 Å². The number of aliphatic hydroxyl groups is 1. The third-order valence-electron chi connectivity index (χ3n) is 4.22. The molecule has 3 heteroatoms. The predicted octanol–water partition coefficient (Wildman–Crippen LogP) is 2.01. The smallest absolute Gasteiger partial charge is 0.122 e. The van der Waals surface area contributed by atoms with Crippen LogP contribution in [0.4, 0.5) is 0 Å². The summed E-state index contributed by atoms with van der Waals surface area (Å²) in [5.41, 5.74) is 2.24. The standard InChI is InChI=1S/C16H23NO2/c1-16(18)7-2-8-17(12-16)9-5-13-3-4-15-14(11-13)6-10-19-15/h3-4,11,18H,2,5-10,12H2,1H3. The summed E-state index contributed by atoms with van der Waals surface area (Å²) in [6.45, 7) is 5.74. The molecule has 3 nitrogen and oxygen atoms in total. The highest BCUT2D eigenvalue weighted by Crippen LogP contribution is 2.26. The van der Waals surface area contributed by atoms with Gasteiger partial charge in [-0.05, 0) is 49.9 Å². The van der Waals surface area contributed by atoms with Crippen LogP contribution in [0.1, 0.15) is 30.9 Å². The molecule has 19 heavy (non-hydrogen) atoms. The Labute approximate surface area is 115 Å². The molecule has 2 aliphatic rings. The van der Waals surface area contributed by atoms with Gasteiger partial charge in [0.05, 0.1) is 12.2 Å². The van der Waals surface area contributed by atoms with Crippen molar-refractivity contribution in [2.24, 2.45) is 0 Å². The maximum atomic E-state index is 10.1. The van der Waals surface area contributed by atoms with E-state index in [0.29, 0.717) is 0 Å². The maximum Gasteiger partial charge on any atom is 0.122 e. The second-order valence-electron chi connectivity index (χ2n) is 6.17. The van der Waals surface area contributed by atoms with Crippen LogP contribution in [0.15, 0.2) is 18.2 Å². The minimum absolute atomic E-state index is 0.496. The van der Waals surface area contributed by atoms with Crippen molar-refractivity contribution in [2.75, 3.05) is 26.2 Å². The monoisotopic (exact) mass is 261 g/mol. The van der Waals surface area contributed by atoms with Gasteiger partial charge in [-0.2, -0.15) is 0 Å². The number of benzene rings is 1. The molecule has 3 rings (SSSR count). The van der Waals surface area contributed by atoms with Crippen LogP contribution in [0.3, 0.4) is 0 Å². The number of hydrogen-bond donors (Lipinski definition) is 1. The lowest BCUT2D eigenvalue weighted by Gasteiger charge is -2.36. The number of rotatable bonds is 3. The maximum absolute atomic E-state index is 10.1. The minimum Gasteiger partial charge on any atom is -0.493 e. The highest BCUT2D eigenvalue weighted by molar-refractivity contribution is 5.39. The van der Waals surface area contributed by atoms with E-state index in [1.807, 2.05) is 6.92 Å². The lowest BCUT2D eigenvalue weighted by molar-refractivity contribution is -0.0150. The Kier molecular flexibility index (Phi) is 3.50. The minimum atomic E-state index is -0.496. The fourth-order valence-corrected chi connectivity index (χ4v) is 3.20. The largest absolute Gasteiger partial charge is 0.493 e. The van der Waals surface area contributed by atoms with E-state index in [2.05, 4.69) is 23.1 Å². The number of fused-ring (bicyclic) bond motifs is 1. The molecule has 1 aromatic carbocycles. The van der Waals surface area contributed by atoms with E-state index in [1.165, 1.54) is 11.1 Å². The van der Waals surface area contributed by atoms with Gasteiger partial charge in [0.25, 0.3) is 0 Å². The topological polar surface area (TPSA) is 32.7 Å². The van der Waals surface area contributed by atoms with E-state index in [-0.39, 0.29) is 0 Å². The second kappa shape index (κ2) is 5.14. The normalized spacial score (nSPS) is 27.1. The quantitative estimate of drug-likeness (QED) is 0.903. The average molecular weight is 261 g/mol. The zero-order valence-electron chi connectivity index (χ0n) is 11.7. The summed E-state index contributed by atoms with van der Waals surface area (Å²) in [7, 11) is 0. The number of piperidine rings is 1. The van der Waals surface area contributed by atoms with Gasteiger partial charge in [-0.1, -0.05) is 12.1 Å². The molecule has 1 atom stereocenters. The molecule has 0 saturated carbocycles. The van der Waals surface area contributed by atoms with Crippen LogP contribution in [-0.4, -0.2) is 41.8 Å². The van der Waals surface area contributed by atoms with Crippen LogP contribution in [0, 0.1) is 0 Å². The first-order valence-corrected chi connectivity index (χ1v) is 7.32. The zero-order valence-corrected chi connectivity index (χ0v) is 11.7. The highest BCUT2D eigenvalue weighted by atomic mass is 16.5. The van der Waals surface area contributed by atoms with Crippen LogP contribution in [0.5, 0.6) is 5.75 Å². The molecule has 0 radical (unpaired) electrons. The average Bonchev–Trinajstić information content (AvgIpc) is 2.82. The number of nitrogens with zero attached hydrogens (tertiary/aromatic N) is 1. The fraction of sp³-hybridized carbons (Fsp3) is 0.625. The van der Waals surface area contributed by atoms with Crippen LogP contribution in [-0.2, 0) is 12.8 Å². The molecule has 0 spiro atoms. The number of ether oxygens (including phenoxy) is 1. The van der Waals surface area contributed by atoms with E-state index in [4.69, 9.17) is 4.74 Å². The lowest BCUT2D eigenvalue weighted by atomic mass is 9.95. The Hall–Kier alpha value is -1.06. The Morgan fingerprint density at radius 3 is 3.16 bits per heavy atom. The highest BCUT2D eigenvalue weighted by Gasteiger charge is 2.27. The predicted molar refractivity (Wildman–Crippen MR) is 75.6 cm³/mol. The van der Waals surface area contributed by atoms with Gasteiger partial charge in [0, 0.05) is 19.5 Å². The van der Waals surface area contributed by atoms with Gasteiger partial charge < -0.3 is 14.7 Å². The summed E-state index contributed by atoms with van der Waals surface area (Å²) in [5, 5.41) is 10.1. The van der Waals surface area contributed by atoms with Crippen molar-refractivity contribution in [3.8, 4) is 5.75 Å². The van der Waals surface area contributed by atoms with Crippen molar-refractivity contribution in [2.45, 2.75) is 38.2 Å². The molecular weight excluding hydrogens is 238 g/mol. The van der Waals surface area contributed by atoms with Crippen molar-refractivity contribution in [1.29, 1.82) is 0 Å². The van der Waals surface area contributed by atoms with Crippen LogP contribution >= 0.6 is 0 Å². The third kappa shape index (κ3) is 3.10. The SMILES string of the molecule is CC1(O)CCCN(CCc2ccc3c(c2)CCO3)C1. The van der Waals surface area contributed by atoms with Crippen molar-refractivity contribution in [3.63, 3.8) is 0 Å². The molecule has 2 aliphatic heterocycles. The summed E-state index contributed by atoms with van der Waals surface area (Å²) in [4.78, 5) is 2.38. The van der Waals surface area contributed by atoms with Gasteiger partial charge in [-0.25, -0.2) is 0 Å². The molecule has 0 amide bonds. The van der Waals surface area contributed by atoms with E-state index in [1.54, 1.807) is 0 Å². The first-order chi connectivity index (χ1) is 9.12. The Morgan fingerprint density at radius 2 is 2.32 bits per heavy atom. The van der Waals surface area contributed by atoms with Crippen molar-refractivity contribution < 1.29 is 9.84 Å². The molecule has 1 unspecified atom stereocenters. The Balaban J connectivity index is 1.57. The molecule has 1 saturated heterocycles. The van der Waals surface area contributed by atoms with E-state index >= 15 is 0 Å². The molecule has 104 valence electrons. The fourth-order valence-electron chi connectivity index (χ4n) is 3.20. The van der Waals surface area contributed by atoms with Gasteiger partial charge in [0.2, 0.25) is 0 Å². The Morgan fingerprint density at radius 1 is 1.42 bits per heavy atom. The van der Waals surface area contributed by atoms with Gasteiger partial charge >= 0.3 is 0 Å². The third-order valence-corrected chi connectivity index (χ3v) is 4.22. The van der Waals surface area contributed by atoms with Crippen LogP contribution in [0.25, 0.3) is 0 Å². The molecule has 1 fully saturated rings. The molecule has 0 aromatic heterocycles. The van der Waals surface area contributed by atoms with E-state index in [9.17, 15) is 5.11 Å². The summed E-state index contributed by atoms with van der Waals surface area (Å²) in [5.74, 6) is 1.06. The van der Waals surface area contributed by atoms with Crippen molar-refractivity contribution in [1.82, 2.24) is 4.90 Å². The summed E-state index contributed by atoms with van der Waals surface area (Å²) >= 11 is 0. The first-order valence-electron chi connectivity index (χ1n) is 7.32. The lowest BCUT2D eigenvalue weighted by Crippen LogP contribution is -2.46. The second-order valence-corrected chi connectivity index (χ2v) is 6.17. The van der Waals surface area contributed by atoms with Crippen molar-refractivity contribution >= 4 is 0 Å². The van der Waals surface area contributed by atoms with Gasteiger partial charge in [-0.3, -0.25) is 0 Å². The molecule has 0 bridgehead atoms. The molecule has 1 N–H and O–H groups in total. The van der Waals surface area contributed by atoms with Gasteiger partial charge in [0.1, 0.15) is 5.75 Å². The Bertz CT molecular complexity index is 456. The number of β-amino-alcohol motifs (C(OH)–C–C–N with tert-alkyl or cyclic N) is 1. The zero-order chi connectivity index (χ0) is 13.3. The summed E-state index contributed by atoms with van der Waals surface area (Å²) in [6.07, 6.45) is 4.13. The number of hydrogen-bond acceptors (Lipinski definition) is 3. The van der Waals surface area contributed by atoms with E-state index < -0.39 is 5.60 Å². The first kappa shape index (κ1) is 12.9. The molecule has 1 aromatic rings. The van der Waals surface area contributed by atoms with Gasteiger partial charge in [-0.15, -0.1) is 0 Å². The molecular formula is C16H23NO2. The van der Waals surface area contributed by atoms with E-state index in [0.717, 1.165) is 57.7 Å². The summed E-state index contributed by atoms with van der Waals surface area (Å²) < 4.78 is 5.53. The summed E-state index contributed by atoms with van der Waals surface area (Å²) in [6, 6.07) is 6.56. The number of likely N-dealkylation sites (tertiary alicyclic amines) is 1. The van der Waals surface area contributed by atoms with Crippen LogP contribution in [0.2, 0.25) is 0 Å².